The molecular weight excluding hydrogens is 428 g/mol. The maximum Gasteiger partial charge on any atom is 0.229 e. The lowest BCUT2D eigenvalue weighted by atomic mass is 9.95. The van der Waals surface area contributed by atoms with Crippen molar-refractivity contribution < 1.29 is 14.6 Å². The summed E-state index contributed by atoms with van der Waals surface area (Å²) in [6.45, 7) is 10.4. The number of carbonyl (C=O) groups excluding carboxylic acids is 1. The van der Waals surface area contributed by atoms with E-state index in [2.05, 4.69) is 27.0 Å². The third kappa shape index (κ3) is 6.10. The highest BCUT2D eigenvalue weighted by Crippen LogP contribution is 2.32. The summed E-state index contributed by atoms with van der Waals surface area (Å²) in [6.07, 6.45) is 4.94. The molecule has 1 aromatic carbocycles. The number of aliphatic imine (C=N–C) groups is 1. The third-order valence-electron chi connectivity index (χ3n) is 6.00. The van der Waals surface area contributed by atoms with E-state index in [1.807, 2.05) is 39.3 Å². The minimum Gasteiger partial charge on any atom is -0.393 e. The van der Waals surface area contributed by atoms with Crippen LogP contribution in [0.2, 0.25) is 5.02 Å². The van der Waals surface area contributed by atoms with Gasteiger partial charge in [-0.1, -0.05) is 32.4 Å². The molecule has 32 heavy (non-hydrogen) atoms. The number of hydrogen-bond acceptors (Lipinski definition) is 6. The van der Waals surface area contributed by atoms with Crippen LogP contribution in [0, 0.1) is 5.41 Å². The zero-order chi connectivity index (χ0) is 23.5. The van der Waals surface area contributed by atoms with Crippen LogP contribution in [0.15, 0.2) is 29.3 Å². The lowest BCUT2D eigenvalue weighted by Gasteiger charge is -2.38. The van der Waals surface area contributed by atoms with Crippen LogP contribution in [0.5, 0.6) is 0 Å². The molecule has 3 rings (SSSR count). The molecule has 0 radical (unpaired) electrons. The van der Waals surface area contributed by atoms with Crippen molar-refractivity contribution in [3.63, 3.8) is 0 Å². The van der Waals surface area contributed by atoms with E-state index in [4.69, 9.17) is 16.3 Å². The van der Waals surface area contributed by atoms with Gasteiger partial charge in [-0.2, -0.15) is 0 Å². The molecule has 176 valence electrons. The van der Waals surface area contributed by atoms with E-state index in [1.54, 1.807) is 19.2 Å². The first-order valence-electron chi connectivity index (χ1n) is 11.2. The average Bonchev–Trinajstić information content (AvgIpc) is 2.74. The molecule has 2 unspecified atom stereocenters. The number of nitrogens with zero attached hydrogens (tertiary/aromatic N) is 3. The van der Waals surface area contributed by atoms with Crippen LogP contribution in [0.4, 0.5) is 5.69 Å². The molecule has 2 aliphatic rings. The maximum absolute atomic E-state index is 12.6. The molecule has 2 atom stereocenters. The fourth-order valence-corrected chi connectivity index (χ4v) is 4.06. The number of aliphatic hydroxyl groups is 1. The van der Waals surface area contributed by atoms with E-state index in [1.165, 1.54) is 0 Å². The summed E-state index contributed by atoms with van der Waals surface area (Å²) < 4.78 is 5.75. The van der Waals surface area contributed by atoms with Gasteiger partial charge in [-0.05, 0) is 44.0 Å². The molecule has 2 N–H and O–H groups in total. The van der Waals surface area contributed by atoms with Crippen molar-refractivity contribution in [1.29, 1.82) is 0 Å². The second-order valence-electron chi connectivity index (χ2n) is 9.63. The van der Waals surface area contributed by atoms with Gasteiger partial charge in [-0.15, -0.1) is 0 Å². The lowest BCUT2D eigenvalue weighted by molar-refractivity contribution is -0.123. The zero-order valence-corrected chi connectivity index (χ0v) is 20.4. The Morgan fingerprint density at radius 3 is 2.66 bits per heavy atom. The van der Waals surface area contributed by atoms with Crippen LogP contribution < -0.4 is 5.32 Å². The van der Waals surface area contributed by atoms with E-state index in [0.717, 1.165) is 43.7 Å². The van der Waals surface area contributed by atoms with E-state index in [-0.39, 0.29) is 18.2 Å². The molecule has 0 spiro atoms. The largest absolute Gasteiger partial charge is 0.393 e. The predicted octanol–water partition coefficient (Wildman–Crippen LogP) is 3.83. The van der Waals surface area contributed by atoms with Crippen LogP contribution >= 0.6 is 11.6 Å². The second-order valence-corrected chi connectivity index (χ2v) is 10.1. The van der Waals surface area contributed by atoms with E-state index in [0.29, 0.717) is 16.8 Å². The Balaban J connectivity index is 1.76. The van der Waals surface area contributed by atoms with Gasteiger partial charge in [-0.3, -0.25) is 9.69 Å². The Labute approximate surface area is 196 Å². The number of aliphatic hydroxyl groups excluding tert-OH is 1. The number of rotatable bonds is 6. The molecule has 7 nitrogen and oxygen atoms in total. The van der Waals surface area contributed by atoms with E-state index < -0.39 is 5.41 Å². The molecule has 2 heterocycles. The van der Waals surface area contributed by atoms with E-state index >= 15 is 0 Å². The normalized spacial score (nSPS) is 21.4. The summed E-state index contributed by atoms with van der Waals surface area (Å²) in [5.74, 6) is -0.0909. The maximum atomic E-state index is 12.6. The van der Waals surface area contributed by atoms with Crippen molar-refractivity contribution in [3.05, 3.63) is 34.9 Å². The number of carbonyl (C=O) groups is 1. The Hall–Kier alpha value is -1.93. The first-order valence-corrected chi connectivity index (χ1v) is 11.5. The number of methoxy groups -OCH3 is 1. The third-order valence-corrected chi connectivity index (χ3v) is 6.23. The minimum atomic E-state index is -0.531. The van der Waals surface area contributed by atoms with Crippen molar-refractivity contribution in [1.82, 2.24) is 9.80 Å². The Morgan fingerprint density at radius 1 is 1.34 bits per heavy atom. The second kappa shape index (κ2) is 10.3. The number of benzene rings is 1. The van der Waals surface area contributed by atoms with Crippen molar-refractivity contribution in [2.75, 3.05) is 32.1 Å². The Bertz CT molecular complexity index is 872. The summed E-state index contributed by atoms with van der Waals surface area (Å²) in [4.78, 5) is 21.7. The summed E-state index contributed by atoms with van der Waals surface area (Å²) in [6, 6.07) is 5.71. The molecule has 2 aliphatic heterocycles. The molecule has 8 heteroatoms. The highest BCUT2D eigenvalue weighted by atomic mass is 35.5. The molecular formula is C24H35ClN4O3. The van der Waals surface area contributed by atoms with Gasteiger partial charge < -0.3 is 20.1 Å². The Morgan fingerprint density at radius 2 is 2.03 bits per heavy atom. The van der Waals surface area contributed by atoms with Crippen LogP contribution in [-0.4, -0.2) is 72.3 Å². The molecule has 1 aromatic rings. The average molecular weight is 463 g/mol. The number of nitrogens with one attached hydrogen (secondary N) is 1. The minimum absolute atomic E-state index is 0.0909. The molecule has 0 aliphatic carbocycles. The van der Waals surface area contributed by atoms with Crippen molar-refractivity contribution in [3.8, 4) is 0 Å². The van der Waals surface area contributed by atoms with Gasteiger partial charge in [0.1, 0.15) is 0 Å². The first kappa shape index (κ1) is 24.7. The summed E-state index contributed by atoms with van der Waals surface area (Å²) >= 11 is 6.21. The molecule has 0 bridgehead atoms. The highest BCUT2D eigenvalue weighted by Gasteiger charge is 2.27. The summed E-state index contributed by atoms with van der Waals surface area (Å²) in [5, 5.41) is 13.3. The van der Waals surface area contributed by atoms with Gasteiger partial charge in [0.2, 0.25) is 5.91 Å². The van der Waals surface area contributed by atoms with Gasteiger partial charge in [-0.25, -0.2) is 4.99 Å². The summed E-state index contributed by atoms with van der Waals surface area (Å²) in [5.41, 5.74) is 1.62. The highest BCUT2D eigenvalue weighted by molar-refractivity contribution is 6.31. The van der Waals surface area contributed by atoms with Gasteiger partial charge in [0, 0.05) is 48.8 Å². The quantitative estimate of drug-likeness (QED) is 0.671. The predicted molar refractivity (Wildman–Crippen MR) is 130 cm³/mol. The molecule has 0 aromatic heterocycles. The number of halogens is 1. The van der Waals surface area contributed by atoms with Crippen molar-refractivity contribution >= 4 is 35.2 Å². The standard InChI is InChI=1S/C24H35ClN4O3/c1-16(28-10-8-18(30)9-11-28)14-29-15-26-20(13-22(29)32-5)19-7-6-17(25)12-21(19)27-23(31)24(2,3)4/h6-7,12-13,15-16,18,22,30H,8-11,14H2,1-5H3,(H,27,31). The number of hydrogen-bond donors (Lipinski definition) is 2. The zero-order valence-electron chi connectivity index (χ0n) is 19.6. The van der Waals surface area contributed by atoms with Crippen LogP contribution in [0.3, 0.4) is 0 Å². The number of ether oxygens (including phenoxy) is 1. The van der Waals surface area contributed by atoms with Crippen LogP contribution in [0.1, 0.15) is 46.1 Å². The fraction of sp³-hybridized carbons (Fsp3) is 0.583. The van der Waals surface area contributed by atoms with Crippen molar-refractivity contribution in [2.24, 2.45) is 10.4 Å². The molecule has 1 amide bonds. The van der Waals surface area contributed by atoms with Gasteiger partial charge >= 0.3 is 0 Å². The number of anilines is 1. The first-order chi connectivity index (χ1) is 15.1. The molecule has 1 saturated heterocycles. The molecule has 1 fully saturated rings. The Kier molecular flexibility index (Phi) is 7.98. The van der Waals surface area contributed by atoms with Crippen molar-refractivity contribution in [2.45, 2.75) is 58.9 Å². The smallest absolute Gasteiger partial charge is 0.229 e. The molecule has 0 saturated carbocycles. The van der Waals surface area contributed by atoms with Gasteiger partial charge in [0.05, 0.1) is 23.8 Å². The number of likely N-dealkylation sites (tertiary alicyclic amines) is 1. The van der Waals surface area contributed by atoms with Crippen LogP contribution in [-0.2, 0) is 9.53 Å². The monoisotopic (exact) mass is 462 g/mol. The van der Waals surface area contributed by atoms with Gasteiger partial charge in [0.15, 0.2) is 6.23 Å². The SMILES string of the molecule is COC1C=C(c2ccc(Cl)cc2NC(=O)C(C)(C)C)N=CN1CC(C)N1CCC(O)CC1. The summed E-state index contributed by atoms with van der Waals surface area (Å²) in [7, 11) is 1.68. The fourth-order valence-electron chi connectivity index (χ4n) is 3.89. The lowest BCUT2D eigenvalue weighted by Crippen LogP contribution is -2.49. The number of piperidine rings is 1. The van der Waals surface area contributed by atoms with Crippen LogP contribution in [0.25, 0.3) is 5.70 Å². The topological polar surface area (TPSA) is 77.4 Å². The van der Waals surface area contributed by atoms with E-state index in [9.17, 15) is 9.90 Å². The van der Waals surface area contributed by atoms with Gasteiger partial charge in [0.25, 0.3) is 0 Å². The number of amides is 1.